The molecule has 0 aromatic heterocycles. The average molecular weight is 254 g/mol. The minimum atomic E-state index is 0.688. The summed E-state index contributed by atoms with van der Waals surface area (Å²) in [6.45, 7) is 3.35. The lowest BCUT2D eigenvalue weighted by Crippen LogP contribution is -2.34. The van der Waals surface area contributed by atoms with E-state index >= 15 is 0 Å². The molecule has 0 bridgehead atoms. The van der Waals surface area contributed by atoms with Gasteiger partial charge in [0.1, 0.15) is 0 Å². The van der Waals surface area contributed by atoms with Crippen molar-refractivity contribution in [1.29, 1.82) is 0 Å². The summed E-state index contributed by atoms with van der Waals surface area (Å²) in [7, 11) is 0. The number of nitrogens with one attached hydrogen (secondary N) is 2. The van der Waals surface area contributed by atoms with Crippen LogP contribution in [0, 0.1) is 0 Å². The first-order valence-corrected chi connectivity index (χ1v) is 7.34. The Morgan fingerprint density at radius 1 is 1.11 bits per heavy atom. The van der Waals surface area contributed by atoms with Crippen LogP contribution in [0.15, 0.2) is 42.5 Å². The highest BCUT2D eigenvalue weighted by atomic mass is 15.0. The molecule has 19 heavy (non-hydrogen) atoms. The molecule has 1 aliphatic rings. The van der Waals surface area contributed by atoms with Crippen LogP contribution >= 0.6 is 0 Å². The summed E-state index contributed by atoms with van der Waals surface area (Å²) in [5, 5.41) is 9.84. The second-order valence-corrected chi connectivity index (χ2v) is 5.39. The topological polar surface area (TPSA) is 24.1 Å². The maximum absolute atomic E-state index is 3.58. The van der Waals surface area contributed by atoms with Crippen molar-refractivity contribution in [1.82, 2.24) is 10.6 Å². The maximum Gasteiger partial charge on any atom is 0.0192 e. The summed E-state index contributed by atoms with van der Waals surface area (Å²) in [5.74, 6) is 0. The van der Waals surface area contributed by atoms with E-state index in [4.69, 9.17) is 0 Å². The van der Waals surface area contributed by atoms with Gasteiger partial charge < -0.3 is 10.6 Å². The van der Waals surface area contributed by atoms with Gasteiger partial charge in [0.15, 0.2) is 0 Å². The fourth-order valence-corrected chi connectivity index (χ4v) is 2.94. The third-order valence-electron chi connectivity index (χ3n) is 4.00. The Morgan fingerprint density at radius 3 is 2.89 bits per heavy atom. The van der Waals surface area contributed by atoms with Crippen molar-refractivity contribution >= 4 is 10.8 Å². The Balaban J connectivity index is 1.56. The van der Waals surface area contributed by atoms with Crippen LogP contribution in [-0.4, -0.2) is 25.7 Å². The third kappa shape index (κ3) is 3.14. The van der Waals surface area contributed by atoms with Crippen LogP contribution in [0.2, 0.25) is 0 Å². The van der Waals surface area contributed by atoms with Crippen LogP contribution in [0.1, 0.15) is 18.4 Å². The van der Waals surface area contributed by atoms with Crippen molar-refractivity contribution in [3.63, 3.8) is 0 Å². The van der Waals surface area contributed by atoms with Crippen molar-refractivity contribution in [2.75, 3.05) is 19.6 Å². The molecule has 1 heterocycles. The highest BCUT2D eigenvalue weighted by Gasteiger charge is 2.12. The molecular weight excluding hydrogens is 232 g/mol. The van der Waals surface area contributed by atoms with Crippen molar-refractivity contribution in [3.05, 3.63) is 48.0 Å². The van der Waals surface area contributed by atoms with E-state index in [1.54, 1.807) is 0 Å². The first kappa shape index (κ1) is 12.6. The molecule has 1 saturated heterocycles. The van der Waals surface area contributed by atoms with Crippen molar-refractivity contribution in [2.45, 2.75) is 25.3 Å². The van der Waals surface area contributed by atoms with Gasteiger partial charge in [-0.3, -0.25) is 0 Å². The molecule has 2 N–H and O–H groups in total. The van der Waals surface area contributed by atoms with Crippen LogP contribution in [-0.2, 0) is 6.42 Å². The number of fused-ring (bicyclic) bond motifs is 1. The van der Waals surface area contributed by atoms with Gasteiger partial charge in [-0.2, -0.15) is 0 Å². The molecule has 1 fully saturated rings. The van der Waals surface area contributed by atoms with Gasteiger partial charge in [0.2, 0.25) is 0 Å². The molecule has 1 unspecified atom stereocenters. The molecule has 1 atom stereocenters. The van der Waals surface area contributed by atoms with Gasteiger partial charge in [-0.25, -0.2) is 0 Å². The summed E-state index contributed by atoms with van der Waals surface area (Å²) in [6.07, 6.45) is 3.75. The van der Waals surface area contributed by atoms with E-state index in [2.05, 4.69) is 53.1 Å². The first-order chi connectivity index (χ1) is 9.43. The molecule has 0 aliphatic carbocycles. The predicted molar refractivity (Wildman–Crippen MR) is 81.5 cm³/mol. The summed E-state index contributed by atoms with van der Waals surface area (Å²) < 4.78 is 0. The molecule has 100 valence electrons. The van der Waals surface area contributed by atoms with Gasteiger partial charge in [-0.1, -0.05) is 42.5 Å². The van der Waals surface area contributed by atoms with Crippen LogP contribution in [0.4, 0.5) is 0 Å². The van der Waals surface area contributed by atoms with E-state index in [0.717, 1.165) is 19.5 Å². The van der Waals surface area contributed by atoms with Gasteiger partial charge in [0, 0.05) is 12.6 Å². The van der Waals surface area contributed by atoms with Crippen LogP contribution in [0.25, 0.3) is 10.8 Å². The zero-order valence-electron chi connectivity index (χ0n) is 11.4. The first-order valence-electron chi connectivity index (χ1n) is 7.34. The fourth-order valence-electron chi connectivity index (χ4n) is 2.94. The van der Waals surface area contributed by atoms with Crippen molar-refractivity contribution in [2.24, 2.45) is 0 Å². The SMILES string of the molecule is c1ccc2c(CCNCC3CCCN3)cccc2c1. The smallest absolute Gasteiger partial charge is 0.0192 e. The van der Waals surface area contributed by atoms with Crippen LogP contribution in [0.5, 0.6) is 0 Å². The Bertz CT molecular complexity index is 524. The maximum atomic E-state index is 3.58. The summed E-state index contributed by atoms with van der Waals surface area (Å²) in [6, 6.07) is 15.9. The van der Waals surface area contributed by atoms with Gasteiger partial charge in [-0.05, 0) is 48.7 Å². The second kappa shape index (κ2) is 6.18. The number of benzene rings is 2. The quantitative estimate of drug-likeness (QED) is 0.802. The van der Waals surface area contributed by atoms with Crippen LogP contribution in [0.3, 0.4) is 0 Å². The summed E-state index contributed by atoms with van der Waals surface area (Å²) >= 11 is 0. The number of rotatable bonds is 5. The molecule has 0 amide bonds. The van der Waals surface area contributed by atoms with E-state index in [1.807, 2.05) is 0 Å². The monoisotopic (exact) mass is 254 g/mol. The van der Waals surface area contributed by atoms with E-state index in [0.29, 0.717) is 6.04 Å². The molecular formula is C17H22N2. The van der Waals surface area contributed by atoms with Gasteiger partial charge in [0.25, 0.3) is 0 Å². The molecule has 3 rings (SSSR count). The highest BCUT2D eigenvalue weighted by molar-refractivity contribution is 5.85. The fraction of sp³-hybridized carbons (Fsp3) is 0.412. The molecule has 1 aliphatic heterocycles. The zero-order valence-corrected chi connectivity index (χ0v) is 11.4. The van der Waals surface area contributed by atoms with Gasteiger partial charge in [-0.15, -0.1) is 0 Å². The Hall–Kier alpha value is -1.38. The van der Waals surface area contributed by atoms with E-state index in [-0.39, 0.29) is 0 Å². The molecule has 0 spiro atoms. The molecule has 2 aromatic carbocycles. The normalized spacial score (nSPS) is 19.1. The lowest BCUT2D eigenvalue weighted by Gasteiger charge is -2.12. The molecule has 2 nitrogen and oxygen atoms in total. The standard InChI is InChI=1S/C17H22N2/c1-2-9-17-14(5-1)6-3-7-15(17)10-12-18-13-16-8-4-11-19-16/h1-3,5-7,9,16,18-19H,4,8,10-13H2. The molecule has 2 aromatic rings. The Labute approximate surface area is 115 Å². The van der Waals surface area contributed by atoms with Crippen LogP contribution < -0.4 is 10.6 Å². The van der Waals surface area contributed by atoms with Crippen molar-refractivity contribution < 1.29 is 0 Å². The number of hydrogen-bond donors (Lipinski definition) is 2. The molecule has 0 saturated carbocycles. The van der Waals surface area contributed by atoms with E-state index in [1.165, 1.54) is 35.7 Å². The van der Waals surface area contributed by atoms with E-state index < -0.39 is 0 Å². The third-order valence-corrected chi connectivity index (χ3v) is 4.00. The second-order valence-electron chi connectivity index (χ2n) is 5.39. The molecule has 0 radical (unpaired) electrons. The van der Waals surface area contributed by atoms with Gasteiger partial charge >= 0.3 is 0 Å². The summed E-state index contributed by atoms with van der Waals surface area (Å²) in [4.78, 5) is 0. The Kier molecular flexibility index (Phi) is 4.11. The predicted octanol–water partition coefficient (Wildman–Crippen LogP) is 2.72. The highest BCUT2D eigenvalue weighted by Crippen LogP contribution is 2.18. The van der Waals surface area contributed by atoms with Crippen molar-refractivity contribution in [3.8, 4) is 0 Å². The largest absolute Gasteiger partial charge is 0.315 e. The minimum absolute atomic E-state index is 0.688. The summed E-state index contributed by atoms with van der Waals surface area (Å²) in [5.41, 5.74) is 1.45. The zero-order chi connectivity index (χ0) is 12.9. The Morgan fingerprint density at radius 2 is 2.00 bits per heavy atom. The van der Waals surface area contributed by atoms with Gasteiger partial charge in [0.05, 0.1) is 0 Å². The molecule has 2 heteroatoms. The number of hydrogen-bond acceptors (Lipinski definition) is 2. The average Bonchev–Trinajstić information content (AvgIpc) is 2.97. The minimum Gasteiger partial charge on any atom is -0.315 e. The lowest BCUT2D eigenvalue weighted by molar-refractivity contribution is 0.538. The lowest BCUT2D eigenvalue weighted by atomic mass is 10.0. The van der Waals surface area contributed by atoms with E-state index in [9.17, 15) is 0 Å².